The zero-order chi connectivity index (χ0) is 24.5. The summed E-state index contributed by atoms with van der Waals surface area (Å²) in [5.74, 6) is -3.32. The van der Waals surface area contributed by atoms with E-state index in [-0.39, 0.29) is 13.0 Å². The molecule has 180 valence electrons. The molecule has 11 nitrogen and oxygen atoms in total. The van der Waals surface area contributed by atoms with Crippen LogP contribution in [0.5, 0.6) is 0 Å². The van der Waals surface area contributed by atoms with Crippen molar-refractivity contribution in [3.8, 4) is 0 Å². The lowest BCUT2D eigenvalue weighted by Crippen LogP contribution is -2.67. The molecule has 1 aromatic carbocycles. The topological polar surface area (TPSA) is 144 Å². The summed E-state index contributed by atoms with van der Waals surface area (Å²) >= 11 is 0. The molecule has 1 heterocycles. The Morgan fingerprint density at radius 1 is 0.818 bits per heavy atom. The Morgan fingerprint density at radius 2 is 1.39 bits per heavy atom. The van der Waals surface area contributed by atoms with Crippen molar-refractivity contribution in [2.45, 2.75) is 64.8 Å². The van der Waals surface area contributed by atoms with Gasteiger partial charge >= 0.3 is 23.9 Å². The van der Waals surface area contributed by atoms with Crippen LogP contribution in [0.15, 0.2) is 30.3 Å². The summed E-state index contributed by atoms with van der Waals surface area (Å²) in [6.07, 6.45) is -5.15. The van der Waals surface area contributed by atoms with Gasteiger partial charge in [-0.2, -0.15) is 0 Å². The first kappa shape index (κ1) is 25.8. The van der Waals surface area contributed by atoms with Crippen molar-refractivity contribution in [3.63, 3.8) is 0 Å². The zero-order valence-corrected chi connectivity index (χ0v) is 18.8. The minimum Gasteiger partial charge on any atom is -0.463 e. The van der Waals surface area contributed by atoms with Crippen molar-refractivity contribution in [1.82, 2.24) is 5.32 Å². The van der Waals surface area contributed by atoms with Gasteiger partial charge in [-0.3, -0.25) is 24.0 Å². The first-order valence-corrected chi connectivity index (χ1v) is 10.2. The zero-order valence-electron chi connectivity index (χ0n) is 18.8. The van der Waals surface area contributed by atoms with Gasteiger partial charge in [-0.25, -0.2) is 0 Å². The quantitative estimate of drug-likeness (QED) is 0.424. The lowest BCUT2D eigenvalue weighted by molar-refractivity contribution is -0.271. The van der Waals surface area contributed by atoms with Crippen LogP contribution in [-0.2, 0) is 54.1 Å². The molecule has 1 N–H and O–H groups in total. The third kappa shape index (κ3) is 8.19. The molecule has 33 heavy (non-hydrogen) atoms. The second-order valence-electron chi connectivity index (χ2n) is 7.36. The Bertz CT molecular complexity index is 871. The minimum atomic E-state index is -1.42. The van der Waals surface area contributed by atoms with E-state index in [4.69, 9.17) is 23.7 Å². The maximum Gasteiger partial charge on any atom is 0.305 e. The first-order valence-electron chi connectivity index (χ1n) is 10.2. The highest BCUT2D eigenvalue weighted by molar-refractivity contribution is 5.79. The number of nitrogens with one attached hydrogen (secondary N) is 1. The van der Waals surface area contributed by atoms with E-state index in [0.29, 0.717) is 5.56 Å². The van der Waals surface area contributed by atoms with E-state index in [1.807, 2.05) is 0 Å². The van der Waals surface area contributed by atoms with Crippen LogP contribution in [0.3, 0.4) is 0 Å². The average Bonchev–Trinajstić information content (AvgIpc) is 2.70. The lowest BCUT2D eigenvalue weighted by atomic mass is 9.95. The van der Waals surface area contributed by atoms with Crippen LogP contribution >= 0.6 is 0 Å². The normalized spacial score (nSPS) is 24.2. The predicted octanol–water partition coefficient (Wildman–Crippen LogP) is 0.428. The molecule has 0 radical (unpaired) electrons. The Kier molecular flexibility index (Phi) is 9.34. The second-order valence-corrected chi connectivity index (χ2v) is 7.36. The number of hydrogen-bond acceptors (Lipinski definition) is 10. The van der Waals surface area contributed by atoms with Crippen LogP contribution in [0.4, 0.5) is 0 Å². The lowest BCUT2D eigenvalue weighted by Gasteiger charge is -2.44. The summed E-state index contributed by atoms with van der Waals surface area (Å²) in [4.78, 5) is 59.4. The Balaban J connectivity index is 2.37. The summed E-state index contributed by atoms with van der Waals surface area (Å²) in [6.45, 7) is 4.18. The number of ether oxygens (including phenoxy) is 5. The number of carbonyl (C=O) groups excluding carboxylic acids is 5. The molecule has 1 aliphatic heterocycles. The smallest absolute Gasteiger partial charge is 0.305 e. The maximum absolute atomic E-state index is 12.7. The van der Waals surface area contributed by atoms with E-state index >= 15 is 0 Å². The van der Waals surface area contributed by atoms with Crippen LogP contribution in [0, 0.1) is 0 Å². The number of amides is 1. The third-order valence-electron chi connectivity index (χ3n) is 4.52. The van der Waals surface area contributed by atoms with Crippen LogP contribution in [0.1, 0.15) is 33.3 Å². The molecular formula is C22H27NO10. The molecule has 1 aliphatic rings. The SMILES string of the molecule is CC(=O)OCC1OC(OC(C)=O)[C@H](NC(=O)Cc2ccccc2)[C@H](OC(C)=O)[C@@H]1OC(C)=O. The van der Waals surface area contributed by atoms with Gasteiger partial charge in [-0.05, 0) is 5.56 Å². The van der Waals surface area contributed by atoms with E-state index in [1.54, 1.807) is 30.3 Å². The molecule has 1 fully saturated rings. The third-order valence-corrected chi connectivity index (χ3v) is 4.52. The molecule has 0 saturated carbocycles. The maximum atomic E-state index is 12.7. The summed E-state index contributed by atoms with van der Waals surface area (Å²) in [6, 6.07) is 7.63. The number of carbonyl (C=O) groups is 5. The monoisotopic (exact) mass is 465 g/mol. The van der Waals surface area contributed by atoms with E-state index in [1.165, 1.54) is 6.92 Å². The fourth-order valence-corrected chi connectivity index (χ4v) is 3.34. The van der Waals surface area contributed by atoms with Crippen molar-refractivity contribution in [3.05, 3.63) is 35.9 Å². The largest absolute Gasteiger partial charge is 0.463 e. The van der Waals surface area contributed by atoms with Crippen molar-refractivity contribution in [1.29, 1.82) is 0 Å². The number of hydrogen-bond donors (Lipinski definition) is 1. The van der Waals surface area contributed by atoms with Gasteiger partial charge in [0.15, 0.2) is 12.2 Å². The fraction of sp³-hybridized carbons (Fsp3) is 0.500. The van der Waals surface area contributed by atoms with E-state index in [0.717, 1.165) is 20.8 Å². The van der Waals surface area contributed by atoms with Gasteiger partial charge in [-0.15, -0.1) is 0 Å². The van der Waals surface area contributed by atoms with Gasteiger partial charge in [0.25, 0.3) is 0 Å². The molecule has 1 saturated heterocycles. The Labute approximate surface area is 190 Å². The molecule has 11 heteroatoms. The highest BCUT2D eigenvalue weighted by atomic mass is 16.7. The molecule has 0 spiro atoms. The minimum absolute atomic E-state index is 0.0218. The molecule has 5 atom stereocenters. The van der Waals surface area contributed by atoms with E-state index in [2.05, 4.69) is 5.32 Å². The summed E-state index contributed by atoms with van der Waals surface area (Å²) in [5.41, 5.74) is 0.712. The van der Waals surface area contributed by atoms with Crippen molar-refractivity contribution >= 4 is 29.8 Å². The molecule has 2 rings (SSSR count). The average molecular weight is 465 g/mol. The summed E-state index contributed by atoms with van der Waals surface area (Å²) in [5, 5.41) is 2.65. The van der Waals surface area contributed by atoms with Crippen LogP contribution in [0.2, 0.25) is 0 Å². The van der Waals surface area contributed by atoms with Gasteiger partial charge in [0.05, 0.1) is 6.42 Å². The molecule has 1 amide bonds. The first-order chi connectivity index (χ1) is 15.6. The van der Waals surface area contributed by atoms with Gasteiger partial charge in [0, 0.05) is 27.7 Å². The van der Waals surface area contributed by atoms with Crippen molar-refractivity contribution in [2.24, 2.45) is 0 Å². The molecule has 0 bridgehead atoms. The predicted molar refractivity (Wildman–Crippen MR) is 110 cm³/mol. The summed E-state index contributed by atoms with van der Waals surface area (Å²) in [7, 11) is 0. The van der Waals surface area contributed by atoms with Gasteiger partial charge in [0.1, 0.15) is 18.8 Å². The number of esters is 4. The van der Waals surface area contributed by atoms with Gasteiger partial charge < -0.3 is 29.0 Å². The highest BCUT2D eigenvalue weighted by Gasteiger charge is 2.52. The molecule has 2 unspecified atom stereocenters. The van der Waals surface area contributed by atoms with Gasteiger partial charge in [0.2, 0.25) is 12.2 Å². The van der Waals surface area contributed by atoms with Crippen LogP contribution in [-0.4, -0.2) is 67.0 Å². The van der Waals surface area contributed by atoms with Crippen LogP contribution in [0.25, 0.3) is 0 Å². The molecule has 1 aromatic rings. The van der Waals surface area contributed by atoms with E-state index < -0.39 is 60.4 Å². The number of benzene rings is 1. The van der Waals surface area contributed by atoms with Gasteiger partial charge in [-0.1, -0.05) is 30.3 Å². The second kappa shape index (κ2) is 12.0. The molecular weight excluding hydrogens is 438 g/mol. The Morgan fingerprint density at radius 3 is 1.94 bits per heavy atom. The van der Waals surface area contributed by atoms with Crippen molar-refractivity contribution < 1.29 is 47.7 Å². The summed E-state index contributed by atoms with van der Waals surface area (Å²) < 4.78 is 26.6. The van der Waals surface area contributed by atoms with Crippen LogP contribution < -0.4 is 5.32 Å². The van der Waals surface area contributed by atoms with Crippen molar-refractivity contribution in [2.75, 3.05) is 6.61 Å². The standard InChI is InChI=1S/C22H27NO10/c1-12(24)29-11-17-20(30-13(2)25)21(31-14(3)26)19(22(33-17)32-15(4)27)23-18(28)10-16-8-6-5-7-9-16/h5-9,17,19-22H,10-11H2,1-4H3,(H,23,28)/t17?,19-,20-,21+,22?/m1/s1. The highest BCUT2D eigenvalue weighted by Crippen LogP contribution is 2.28. The fourth-order valence-electron chi connectivity index (χ4n) is 3.34. The Hall–Kier alpha value is -3.47. The molecule has 0 aromatic heterocycles. The molecule has 0 aliphatic carbocycles. The van der Waals surface area contributed by atoms with E-state index in [9.17, 15) is 24.0 Å². The number of rotatable bonds is 8.